The highest BCUT2D eigenvalue weighted by Gasteiger charge is 2.03. The molecule has 0 fully saturated rings. The van der Waals surface area contributed by atoms with E-state index in [9.17, 15) is 5.11 Å². The number of furan rings is 1. The van der Waals surface area contributed by atoms with Crippen LogP contribution in [-0.2, 0) is 11.3 Å². The van der Waals surface area contributed by atoms with Gasteiger partial charge in [0.1, 0.15) is 12.4 Å². The van der Waals surface area contributed by atoms with Gasteiger partial charge in [0, 0.05) is 13.1 Å². The highest BCUT2D eigenvalue weighted by Crippen LogP contribution is 2.01. The van der Waals surface area contributed by atoms with Crippen LogP contribution in [0.15, 0.2) is 35.5 Å². The number of rotatable bonds is 8. The van der Waals surface area contributed by atoms with Crippen LogP contribution in [0.3, 0.4) is 0 Å². The second-order valence-electron chi connectivity index (χ2n) is 3.20. The summed E-state index contributed by atoms with van der Waals surface area (Å²) in [6, 6.07) is 3.64. The second-order valence-corrected chi connectivity index (χ2v) is 3.20. The summed E-state index contributed by atoms with van der Waals surface area (Å²) < 4.78 is 10.3. The van der Waals surface area contributed by atoms with Crippen molar-refractivity contribution in [2.24, 2.45) is 0 Å². The Morgan fingerprint density at radius 1 is 1.67 bits per heavy atom. The third-order valence-corrected chi connectivity index (χ3v) is 1.80. The maximum absolute atomic E-state index is 9.45. The van der Waals surface area contributed by atoms with Crippen LogP contribution in [0.4, 0.5) is 0 Å². The molecule has 4 heteroatoms. The molecule has 0 bridgehead atoms. The highest BCUT2D eigenvalue weighted by molar-refractivity contribution is 4.96. The lowest BCUT2D eigenvalue weighted by atomic mass is 10.3. The standard InChI is InChI=1S/C11H17NO3/c1-2-5-12-7-10(13)8-14-9-11-4-3-6-15-11/h2-4,6,10,12-13H,1,5,7-9H2. The molecule has 0 aromatic carbocycles. The Hall–Kier alpha value is -1.10. The molecule has 0 spiro atoms. The largest absolute Gasteiger partial charge is 0.467 e. The van der Waals surface area contributed by atoms with Gasteiger partial charge in [-0.1, -0.05) is 6.08 Å². The number of hydrogen-bond acceptors (Lipinski definition) is 4. The molecule has 1 aromatic heterocycles. The van der Waals surface area contributed by atoms with E-state index < -0.39 is 6.10 Å². The average Bonchev–Trinajstić information content (AvgIpc) is 2.71. The quantitative estimate of drug-likeness (QED) is 0.496. The summed E-state index contributed by atoms with van der Waals surface area (Å²) in [4.78, 5) is 0. The van der Waals surface area contributed by atoms with Crippen LogP contribution in [0.25, 0.3) is 0 Å². The normalized spacial score (nSPS) is 12.6. The molecule has 0 saturated heterocycles. The Labute approximate surface area is 89.5 Å². The molecule has 15 heavy (non-hydrogen) atoms. The van der Waals surface area contributed by atoms with Gasteiger partial charge in [0.25, 0.3) is 0 Å². The monoisotopic (exact) mass is 211 g/mol. The predicted octanol–water partition coefficient (Wildman–Crippen LogP) is 0.933. The molecule has 1 unspecified atom stereocenters. The summed E-state index contributed by atoms with van der Waals surface area (Å²) in [6.07, 6.45) is 2.84. The lowest BCUT2D eigenvalue weighted by molar-refractivity contribution is 0.0231. The van der Waals surface area contributed by atoms with Gasteiger partial charge in [-0.25, -0.2) is 0 Å². The van der Waals surface area contributed by atoms with Crippen LogP contribution in [0, 0.1) is 0 Å². The highest BCUT2D eigenvalue weighted by atomic mass is 16.5. The SMILES string of the molecule is C=CCNCC(O)COCc1ccco1. The zero-order chi connectivity index (χ0) is 10.9. The molecule has 2 N–H and O–H groups in total. The molecule has 0 saturated carbocycles. The second kappa shape index (κ2) is 7.23. The lowest BCUT2D eigenvalue weighted by Crippen LogP contribution is -2.30. The van der Waals surface area contributed by atoms with E-state index in [1.807, 2.05) is 6.07 Å². The van der Waals surface area contributed by atoms with Crippen LogP contribution in [0.2, 0.25) is 0 Å². The van der Waals surface area contributed by atoms with Crippen LogP contribution in [-0.4, -0.2) is 30.9 Å². The summed E-state index contributed by atoms with van der Waals surface area (Å²) in [5, 5.41) is 12.5. The zero-order valence-corrected chi connectivity index (χ0v) is 8.69. The van der Waals surface area contributed by atoms with Gasteiger partial charge in [-0.3, -0.25) is 0 Å². The van der Waals surface area contributed by atoms with Crippen molar-refractivity contribution in [3.63, 3.8) is 0 Å². The number of nitrogens with one attached hydrogen (secondary N) is 1. The predicted molar refractivity (Wildman–Crippen MR) is 57.4 cm³/mol. The van der Waals surface area contributed by atoms with Gasteiger partial charge in [-0.05, 0) is 12.1 Å². The van der Waals surface area contributed by atoms with E-state index in [1.165, 1.54) is 0 Å². The van der Waals surface area contributed by atoms with Gasteiger partial charge in [-0.15, -0.1) is 6.58 Å². The third kappa shape index (κ3) is 5.37. The third-order valence-electron chi connectivity index (χ3n) is 1.80. The minimum atomic E-state index is -0.500. The molecule has 0 aliphatic heterocycles. The van der Waals surface area contributed by atoms with E-state index in [1.54, 1.807) is 18.4 Å². The Kier molecular flexibility index (Phi) is 5.77. The first-order valence-electron chi connectivity index (χ1n) is 4.92. The Morgan fingerprint density at radius 3 is 3.20 bits per heavy atom. The molecule has 0 aliphatic rings. The number of aliphatic hydroxyl groups excluding tert-OH is 1. The Balaban J connectivity index is 2.01. The Morgan fingerprint density at radius 2 is 2.53 bits per heavy atom. The zero-order valence-electron chi connectivity index (χ0n) is 8.69. The molecular weight excluding hydrogens is 194 g/mol. The maximum Gasteiger partial charge on any atom is 0.129 e. The first kappa shape index (κ1) is 12.0. The van der Waals surface area contributed by atoms with Gasteiger partial charge in [0.15, 0.2) is 0 Å². The van der Waals surface area contributed by atoms with Crippen LogP contribution < -0.4 is 5.32 Å². The molecule has 4 nitrogen and oxygen atoms in total. The number of ether oxygens (including phenoxy) is 1. The summed E-state index contributed by atoms with van der Waals surface area (Å²) in [5.74, 6) is 0.765. The van der Waals surface area contributed by atoms with Gasteiger partial charge in [0.05, 0.1) is 19.0 Å². The van der Waals surface area contributed by atoms with Crippen LogP contribution in [0.1, 0.15) is 5.76 Å². The summed E-state index contributed by atoms with van der Waals surface area (Å²) in [5.41, 5.74) is 0. The lowest BCUT2D eigenvalue weighted by Gasteiger charge is -2.10. The Bertz CT molecular complexity index is 259. The smallest absolute Gasteiger partial charge is 0.129 e. The molecule has 0 amide bonds. The van der Waals surface area contributed by atoms with Crippen molar-refractivity contribution in [1.29, 1.82) is 0 Å². The van der Waals surface area contributed by atoms with Gasteiger partial charge in [0.2, 0.25) is 0 Å². The van der Waals surface area contributed by atoms with Crippen molar-refractivity contribution < 1.29 is 14.3 Å². The first-order valence-corrected chi connectivity index (χ1v) is 4.92. The van der Waals surface area contributed by atoms with E-state index in [0.717, 1.165) is 5.76 Å². The first-order chi connectivity index (χ1) is 7.33. The van der Waals surface area contributed by atoms with E-state index in [2.05, 4.69) is 11.9 Å². The molecule has 0 radical (unpaired) electrons. The van der Waals surface area contributed by atoms with Crippen molar-refractivity contribution in [3.05, 3.63) is 36.8 Å². The summed E-state index contributed by atoms with van der Waals surface area (Å²) in [7, 11) is 0. The van der Waals surface area contributed by atoms with Crippen molar-refractivity contribution in [2.75, 3.05) is 19.7 Å². The minimum absolute atomic E-state index is 0.296. The molecule has 1 rings (SSSR count). The number of aliphatic hydroxyl groups is 1. The topological polar surface area (TPSA) is 54.6 Å². The molecule has 1 heterocycles. The van der Waals surface area contributed by atoms with Crippen molar-refractivity contribution in [2.45, 2.75) is 12.7 Å². The number of hydrogen-bond donors (Lipinski definition) is 2. The van der Waals surface area contributed by atoms with Crippen molar-refractivity contribution >= 4 is 0 Å². The van der Waals surface area contributed by atoms with E-state index >= 15 is 0 Å². The summed E-state index contributed by atoms with van der Waals surface area (Å²) >= 11 is 0. The van der Waals surface area contributed by atoms with Gasteiger partial charge in [-0.2, -0.15) is 0 Å². The van der Waals surface area contributed by atoms with Crippen LogP contribution in [0.5, 0.6) is 0 Å². The van der Waals surface area contributed by atoms with Gasteiger partial charge >= 0.3 is 0 Å². The molecule has 84 valence electrons. The van der Waals surface area contributed by atoms with E-state index in [0.29, 0.717) is 26.3 Å². The fourth-order valence-electron chi connectivity index (χ4n) is 1.10. The van der Waals surface area contributed by atoms with Crippen molar-refractivity contribution in [1.82, 2.24) is 5.32 Å². The van der Waals surface area contributed by atoms with Crippen LogP contribution >= 0.6 is 0 Å². The van der Waals surface area contributed by atoms with E-state index in [-0.39, 0.29) is 0 Å². The maximum atomic E-state index is 9.45. The minimum Gasteiger partial charge on any atom is -0.467 e. The fraction of sp³-hybridized carbons (Fsp3) is 0.455. The van der Waals surface area contributed by atoms with Crippen molar-refractivity contribution in [3.8, 4) is 0 Å². The fourth-order valence-corrected chi connectivity index (χ4v) is 1.10. The van der Waals surface area contributed by atoms with Gasteiger partial charge < -0.3 is 19.6 Å². The molecule has 0 aliphatic carbocycles. The molecule has 1 aromatic rings. The molecule has 1 atom stereocenters. The average molecular weight is 211 g/mol. The van der Waals surface area contributed by atoms with E-state index in [4.69, 9.17) is 9.15 Å². The summed E-state index contributed by atoms with van der Waals surface area (Å²) in [6.45, 7) is 5.45. The molecular formula is C11H17NO3.